The smallest absolute Gasteiger partial charge is 0.368 e. The Morgan fingerprint density at radius 1 is 1.23 bits per heavy atom. The molecule has 0 bridgehead atoms. The van der Waals surface area contributed by atoms with Crippen LogP contribution in [0.5, 0.6) is 0 Å². The molecule has 0 saturated heterocycles. The molecule has 0 radical (unpaired) electrons. The van der Waals surface area contributed by atoms with Crippen LogP contribution in [0.25, 0.3) is 0 Å². The maximum absolute atomic E-state index is 12.7. The third-order valence-electron chi connectivity index (χ3n) is 2.93. The molecule has 1 heterocycles. The van der Waals surface area contributed by atoms with Crippen molar-refractivity contribution >= 4 is 27.8 Å². The lowest BCUT2D eigenvalue weighted by Gasteiger charge is -2.16. The summed E-state index contributed by atoms with van der Waals surface area (Å²) in [4.78, 5) is 10.1. The van der Waals surface area contributed by atoms with Crippen LogP contribution >= 0.6 is 15.9 Å². The summed E-state index contributed by atoms with van der Waals surface area (Å²) in [5.41, 5.74) is 7.20. The van der Waals surface area contributed by atoms with Crippen LogP contribution in [0.15, 0.2) is 22.7 Å². The van der Waals surface area contributed by atoms with Gasteiger partial charge in [0.25, 0.3) is 0 Å². The van der Waals surface area contributed by atoms with Gasteiger partial charge in [0.1, 0.15) is 0 Å². The number of halogens is 4. The Balaban J connectivity index is 2.26. The van der Waals surface area contributed by atoms with Crippen LogP contribution in [0.1, 0.15) is 29.9 Å². The van der Waals surface area contributed by atoms with Gasteiger partial charge in [0, 0.05) is 4.47 Å². The predicted octanol–water partition coefficient (Wildman–Crippen LogP) is 3.72. The quantitative estimate of drug-likeness (QED) is 0.854. The maximum Gasteiger partial charge on any atom is 0.451 e. The lowest BCUT2D eigenvalue weighted by Crippen LogP contribution is -2.17. The first kappa shape index (κ1) is 16.5. The number of nitrogens with two attached hydrogens (primary N) is 1. The number of alkyl halides is 3. The molecule has 0 aliphatic carbocycles. The fraction of sp³-hybridized carbons (Fsp3) is 0.308. The normalized spacial score (nSPS) is 13.0. The topological polar surface area (TPSA) is 76.7 Å². The van der Waals surface area contributed by atoms with E-state index in [0.29, 0.717) is 0 Å². The maximum atomic E-state index is 12.7. The van der Waals surface area contributed by atoms with Gasteiger partial charge >= 0.3 is 6.18 Å². The zero-order valence-corrected chi connectivity index (χ0v) is 13.3. The molecular weight excluding hydrogens is 363 g/mol. The molecule has 0 fully saturated rings. The molecule has 1 aromatic carbocycles. The Labute approximate surface area is 133 Å². The first-order valence-corrected chi connectivity index (χ1v) is 7.07. The number of nitrogen functional groups attached to an aromatic ring is 1. The van der Waals surface area contributed by atoms with E-state index < -0.39 is 17.9 Å². The molecule has 22 heavy (non-hydrogen) atoms. The van der Waals surface area contributed by atoms with E-state index in [1.54, 1.807) is 6.92 Å². The van der Waals surface area contributed by atoms with Crippen LogP contribution in [0.3, 0.4) is 0 Å². The fourth-order valence-corrected chi connectivity index (χ4v) is 2.04. The highest BCUT2D eigenvalue weighted by Crippen LogP contribution is 2.28. The molecule has 0 aliphatic heterocycles. The molecule has 1 atom stereocenters. The van der Waals surface area contributed by atoms with Crippen LogP contribution in [0.2, 0.25) is 0 Å². The zero-order chi connectivity index (χ0) is 16.5. The number of hydrogen-bond donors (Lipinski definition) is 2. The minimum absolute atomic E-state index is 0.215. The van der Waals surface area contributed by atoms with E-state index in [0.717, 1.165) is 15.6 Å². The number of aryl methyl sites for hydroxylation is 1. The monoisotopic (exact) mass is 375 g/mol. The largest absolute Gasteiger partial charge is 0.451 e. The highest BCUT2D eigenvalue weighted by molar-refractivity contribution is 9.10. The van der Waals surface area contributed by atoms with Crippen molar-refractivity contribution in [1.29, 1.82) is 0 Å². The van der Waals surface area contributed by atoms with Crippen molar-refractivity contribution in [3.05, 3.63) is 39.6 Å². The Morgan fingerprint density at radius 3 is 2.50 bits per heavy atom. The van der Waals surface area contributed by atoms with Crippen LogP contribution in [0, 0.1) is 6.92 Å². The van der Waals surface area contributed by atoms with E-state index in [1.165, 1.54) is 0 Å². The number of nitrogens with one attached hydrogen (secondary N) is 1. The van der Waals surface area contributed by atoms with E-state index in [-0.39, 0.29) is 12.0 Å². The van der Waals surface area contributed by atoms with Crippen LogP contribution in [-0.2, 0) is 6.18 Å². The summed E-state index contributed by atoms with van der Waals surface area (Å²) >= 11 is 3.39. The summed E-state index contributed by atoms with van der Waals surface area (Å²) < 4.78 is 38.9. The lowest BCUT2D eigenvalue weighted by atomic mass is 10.1. The molecule has 1 aromatic heterocycles. The summed E-state index contributed by atoms with van der Waals surface area (Å²) in [5, 5.41) is 2.80. The standard InChI is InChI=1S/C13H13BrF3N5/c1-6-5-8(3-4-9(6)14)7(2)19-12-21-10(13(15,16)17)20-11(18)22-12/h3-5,7H,1-2H3,(H3,18,19,20,21,22). The van der Waals surface area contributed by atoms with E-state index in [2.05, 4.69) is 36.2 Å². The van der Waals surface area contributed by atoms with Gasteiger partial charge in [-0.2, -0.15) is 28.1 Å². The number of anilines is 2. The van der Waals surface area contributed by atoms with E-state index >= 15 is 0 Å². The molecule has 0 saturated carbocycles. The summed E-state index contributed by atoms with van der Waals surface area (Å²) in [5.74, 6) is -2.02. The molecule has 3 N–H and O–H groups in total. The summed E-state index contributed by atoms with van der Waals surface area (Å²) in [7, 11) is 0. The van der Waals surface area contributed by atoms with E-state index in [9.17, 15) is 13.2 Å². The van der Waals surface area contributed by atoms with Crippen LogP contribution in [0.4, 0.5) is 25.1 Å². The Kier molecular flexibility index (Phi) is 4.55. The van der Waals surface area contributed by atoms with Gasteiger partial charge in [-0.3, -0.25) is 0 Å². The van der Waals surface area contributed by atoms with Crippen molar-refractivity contribution < 1.29 is 13.2 Å². The van der Waals surface area contributed by atoms with Crippen LogP contribution in [-0.4, -0.2) is 15.0 Å². The SMILES string of the molecule is Cc1cc(C(C)Nc2nc(N)nc(C(F)(F)F)n2)ccc1Br. The van der Waals surface area contributed by atoms with Gasteiger partial charge in [0.15, 0.2) is 0 Å². The molecule has 9 heteroatoms. The molecule has 5 nitrogen and oxygen atoms in total. The van der Waals surface area contributed by atoms with Crippen LogP contribution < -0.4 is 11.1 Å². The summed E-state index contributed by atoms with van der Waals surface area (Å²) in [6.07, 6.45) is -4.68. The second-order valence-electron chi connectivity index (χ2n) is 4.71. The number of nitrogens with zero attached hydrogens (tertiary/aromatic N) is 3. The van der Waals surface area contributed by atoms with Gasteiger partial charge in [0.05, 0.1) is 6.04 Å². The highest BCUT2D eigenvalue weighted by Gasteiger charge is 2.35. The number of rotatable bonds is 3. The first-order chi connectivity index (χ1) is 10.2. The molecule has 0 amide bonds. The average Bonchev–Trinajstić information content (AvgIpc) is 2.40. The van der Waals surface area contributed by atoms with Crippen molar-refractivity contribution in [2.75, 3.05) is 11.1 Å². The minimum atomic E-state index is -4.68. The molecule has 118 valence electrons. The van der Waals surface area contributed by atoms with Gasteiger partial charge in [-0.15, -0.1) is 0 Å². The molecule has 1 unspecified atom stereocenters. The Morgan fingerprint density at radius 2 is 1.91 bits per heavy atom. The van der Waals surface area contributed by atoms with Crippen molar-refractivity contribution in [3.8, 4) is 0 Å². The number of hydrogen-bond acceptors (Lipinski definition) is 5. The molecule has 2 rings (SSSR count). The van der Waals surface area contributed by atoms with Gasteiger partial charge < -0.3 is 11.1 Å². The Bertz CT molecular complexity index is 690. The van der Waals surface area contributed by atoms with Gasteiger partial charge in [0.2, 0.25) is 17.7 Å². The van der Waals surface area contributed by atoms with Gasteiger partial charge in [-0.25, -0.2) is 0 Å². The molecule has 2 aromatic rings. The van der Waals surface area contributed by atoms with Crippen molar-refractivity contribution in [3.63, 3.8) is 0 Å². The number of benzene rings is 1. The minimum Gasteiger partial charge on any atom is -0.368 e. The Hall–Kier alpha value is -1.90. The van der Waals surface area contributed by atoms with Crippen molar-refractivity contribution in [2.24, 2.45) is 0 Å². The average molecular weight is 376 g/mol. The molecule has 0 spiro atoms. The number of aromatic nitrogens is 3. The van der Waals surface area contributed by atoms with E-state index in [4.69, 9.17) is 5.73 Å². The van der Waals surface area contributed by atoms with Gasteiger partial charge in [-0.1, -0.05) is 28.1 Å². The molecule has 0 aliphatic rings. The van der Waals surface area contributed by atoms with Crippen molar-refractivity contribution in [1.82, 2.24) is 15.0 Å². The predicted molar refractivity (Wildman–Crippen MR) is 80.2 cm³/mol. The summed E-state index contributed by atoms with van der Waals surface area (Å²) in [6.45, 7) is 3.71. The highest BCUT2D eigenvalue weighted by atomic mass is 79.9. The summed E-state index contributed by atoms with van der Waals surface area (Å²) in [6, 6.07) is 5.34. The third-order valence-corrected chi connectivity index (χ3v) is 3.82. The van der Waals surface area contributed by atoms with Crippen molar-refractivity contribution in [2.45, 2.75) is 26.1 Å². The second kappa shape index (κ2) is 6.07. The lowest BCUT2D eigenvalue weighted by molar-refractivity contribution is -0.144. The van der Waals surface area contributed by atoms with Gasteiger partial charge in [-0.05, 0) is 31.0 Å². The molecular formula is C13H13BrF3N5. The zero-order valence-electron chi connectivity index (χ0n) is 11.7. The second-order valence-corrected chi connectivity index (χ2v) is 5.57. The first-order valence-electron chi connectivity index (χ1n) is 6.28. The third kappa shape index (κ3) is 3.85. The van der Waals surface area contributed by atoms with E-state index in [1.807, 2.05) is 25.1 Å². The fourth-order valence-electron chi connectivity index (χ4n) is 1.80.